The summed E-state index contributed by atoms with van der Waals surface area (Å²) in [5.74, 6) is 2.63. The average molecular weight is 166 g/mol. The smallest absolute Gasteiger partial charge is 0.104 e. The van der Waals surface area contributed by atoms with Gasteiger partial charge in [0, 0.05) is 6.42 Å². The van der Waals surface area contributed by atoms with E-state index in [1.54, 1.807) is 6.26 Å². The molecule has 0 aliphatic carbocycles. The summed E-state index contributed by atoms with van der Waals surface area (Å²) in [7, 11) is 0. The van der Waals surface area contributed by atoms with Gasteiger partial charge in [-0.05, 0) is 30.4 Å². The Balaban J connectivity index is 2.32. The molecule has 12 heavy (non-hydrogen) atoms. The zero-order chi connectivity index (χ0) is 8.97. The lowest BCUT2D eigenvalue weighted by Gasteiger charge is -2.11. The quantitative estimate of drug-likeness (QED) is 0.667. The summed E-state index contributed by atoms with van der Waals surface area (Å²) in [4.78, 5) is 0. The fraction of sp³-hybridized carbons (Fsp3) is 0.636. The van der Waals surface area contributed by atoms with Crippen molar-refractivity contribution in [3.63, 3.8) is 0 Å². The van der Waals surface area contributed by atoms with Crippen LogP contribution in [-0.4, -0.2) is 0 Å². The molecule has 0 aromatic carbocycles. The first-order valence-electron chi connectivity index (χ1n) is 4.71. The fourth-order valence-corrected chi connectivity index (χ4v) is 1.66. The number of rotatable bonds is 4. The molecule has 0 N–H and O–H groups in total. The van der Waals surface area contributed by atoms with Crippen LogP contribution < -0.4 is 0 Å². The van der Waals surface area contributed by atoms with Gasteiger partial charge in [0.1, 0.15) is 5.76 Å². The van der Waals surface area contributed by atoms with Crippen molar-refractivity contribution in [2.24, 2.45) is 11.8 Å². The number of furan rings is 1. The number of hydrogen-bond acceptors (Lipinski definition) is 1. The van der Waals surface area contributed by atoms with Gasteiger partial charge in [-0.15, -0.1) is 0 Å². The molecule has 0 fully saturated rings. The largest absolute Gasteiger partial charge is 0.469 e. The van der Waals surface area contributed by atoms with E-state index in [1.807, 2.05) is 6.07 Å². The van der Waals surface area contributed by atoms with Gasteiger partial charge in [0.05, 0.1) is 6.26 Å². The second-order valence-corrected chi connectivity index (χ2v) is 4.02. The van der Waals surface area contributed by atoms with Crippen molar-refractivity contribution >= 4 is 0 Å². The van der Waals surface area contributed by atoms with Gasteiger partial charge in [0.2, 0.25) is 0 Å². The third-order valence-corrected chi connectivity index (χ3v) is 2.00. The molecule has 0 aliphatic rings. The molecule has 1 aromatic heterocycles. The molecule has 0 saturated heterocycles. The molecule has 1 rings (SSSR count). The van der Waals surface area contributed by atoms with Crippen molar-refractivity contribution in [1.82, 2.24) is 0 Å². The Kier molecular flexibility index (Phi) is 3.39. The highest BCUT2D eigenvalue weighted by Crippen LogP contribution is 2.16. The van der Waals surface area contributed by atoms with Crippen LogP contribution in [0.3, 0.4) is 0 Å². The van der Waals surface area contributed by atoms with Gasteiger partial charge in [-0.2, -0.15) is 0 Å². The van der Waals surface area contributed by atoms with Crippen molar-refractivity contribution in [3.8, 4) is 0 Å². The molecule has 0 bridgehead atoms. The topological polar surface area (TPSA) is 13.1 Å². The molecule has 68 valence electrons. The van der Waals surface area contributed by atoms with Crippen LogP contribution in [0.25, 0.3) is 0 Å². The van der Waals surface area contributed by atoms with E-state index in [0.29, 0.717) is 0 Å². The molecule has 0 aliphatic heterocycles. The van der Waals surface area contributed by atoms with Crippen molar-refractivity contribution in [2.45, 2.75) is 33.6 Å². The lowest BCUT2D eigenvalue weighted by Crippen LogP contribution is -2.02. The van der Waals surface area contributed by atoms with Gasteiger partial charge < -0.3 is 4.42 Å². The average Bonchev–Trinajstić information content (AvgIpc) is 2.37. The predicted octanol–water partition coefficient (Wildman–Crippen LogP) is 3.50. The van der Waals surface area contributed by atoms with Crippen LogP contribution in [0.1, 0.15) is 33.0 Å². The molecule has 0 amide bonds. The summed E-state index contributed by atoms with van der Waals surface area (Å²) in [5, 5.41) is 0. The van der Waals surface area contributed by atoms with E-state index >= 15 is 0 Å². The van der Waals surface area contributed by atoms with Crippen LogP contribution in [-0.2, 0) is 6.42 Å². The van der Waals surface area contributed by atoms with Gasteiger partial charge in [-0.1, -0.05) is 20.8 Å². The molecule has 1 heteroatoms. The molecule has 0 radical (unpaired) electrons. The maximum Gasteiger partial charge on any atom is 0.104 e. The van der Waals surface area contributed by atoms with Crippen LogP contribution >= 0.6 is 0 Å². The van der Waals surface area contributed by atoms with Crippen LogP contribution in [0, 0.1) is 11.8 Å². The third kappa shape index (κ3) is 3.12. The molecule has 0 saturated carbocycles. The van der Waals surface area contributed by atoms with Crippen LogP contribution in [0.5, 0.6) is 0 Å². The first-order chi connectivity index (χ1) is 5.68. The highest BCUT2D eigenvalue weighted by Gasteiger charge is 2.07. The van der Waals surface area contributed by atoms with Crippen LogP contribution in [0.15, 0.2) is 22.8 Å². The Morgan fingerprint density at radius 1 is 1.33 bits per heavy atom. The minimum absolute atomic E-state index is 0.733. The highest BCUT2D eigenvalue weighted by molar-refractivity contribution is 4.98. The summed E-state index contributed by atoms with van der Waals surface area (Å²) < 4.78 is 5.29. The summed E-state index contributed by atoms with van der Waals surface area (Å²) in [6.45, 7) is 6.81. The normalized spacial score (nSPS) is 13.7. The first kappa shape index (κ1) is 9.37. The SMILES string of the molecule is CC(C)CC(C)Cc1ccco1. The predicted molar refractivity (Wildman–Crippen MR) is 51.0 cm³/mol. The Bertz CT molecular complexity index is 199. The van der Waals surface area contributed by atoms with Crippen LogP contribution in [0.4, 0.5) is 0 Å². The van der Waals surface area contributed by atoms with Crippen LogP contribution in [0.2, 0.25) is 0 Å². The summed E-state index contributed by atoms with van der Waals surface area (Å²) in [6.07, 6.45) is 4.10. The van der Waals surface area contributed by atoms with E-state index in [1.165, 1.54) is 6.42 Å². The van der Waals surface area contributed by atoms with Gasteiger partial charge >= 0.3 is 0 Å². The van der Waals surface area contributed by atoms with Crippen molar-refractivity contribution in [3.05, 3.63) is 24.2 Å². The second-order valence-electron chi connectivity index (χ2n) is 4.02. The van der Waals surface area contributed by atoms with Crippen molar-refractivity contribution in [2.75, 3.05) is 0 Å². The van der Waals surface area contributed by atoms with Gasteiger partial charge in [-0.25, -0.2) is 0 Å². The summed E-state index contributed by atoms with van der Waals surface area (Å²) in [5.41, 5.74) is 0. The van der Waals surface area contributed by atoms with Gasteiger partial charge in [0.25, 0.3) is 0 Å². The van der Waals surface area contributed by atoms with Gasteiger partial charge in [-0.3, -0.25) is 0 Å². The first-order valence-corrected chi connectivity index (χ1v) is 4.71. The van der Waals surface area contributed by atoms with Gasteiger partial charge in [0.15, 0.2) is 0 Å². The highest BCUT2D eigenvalue weighted by atomic mass is 16.3. The second kappa shape index (κ2) is 4.34. The molecular formula is C11H18O. The molecule has 1 heterocycles. The number of hydrogen-bond donors (Lipinski definition) is 0. The molecule has 0 spiro atoms. The molecule has 1 nitrogen and oxygen atoms in total. The maximum absolute atomic E-state index is 5.29. The molecule has 1 atom stereocenters. The standard InChI is InChI=1S/C11H18O/c1-9(2)7-10(3)8-11-5-4-6-12-11/h4-6,9-10H,7-8H2,1-3H3. The van der Waals surface area contributed by atoms with E-state index in [0.717, 1.165) is 24.0 Å². The Labute approximate surface area is 74.8 Å². The fourth-order valence-electron chi connectivity index (χ4n) is 1.66. The zero-order valence-corrected chi connectivity index (χ0v) is 8.21. The monoisotopic (exact) mass is 166 g/mol. The Hall–Kier alpha value is -0.720. The minimum Gasteiger partial charge on any atom is -0.469 e. The Morgan fingerprint density at radius 3 is 2.58 bits per heavy atom. The maximum atomic E-state index is 5.29. The van der Waals surface area contributed by atoms with Crippen molar-refractivity contribution < 1.29 is 4.42 Å². The molecular weight excluding hydrogens is 148 g/mol. The van der Waals surface area contributed by atoms with E-state index in [2.05, 4.69) is 26.8 Å². The zero-order valence-electron chi connectivity index (χ0n) is 8.21. The van der Waals surface area contributed by atoms with Crippen molar-refractivity contribution in [1.29, 1.82) is 0 Å². The molecule has 1 unspecified atom stereocenters. The summed E-state index contributed by atoms with van der Waals surface area (Å²) >= 11 is 0. The molecule has 1 aromatic rings. The van der Waals surface area contributed by atoms with E-state index < -0.39 is 0 Å². The lowest BCUT2D eigenvalue weighted by molar-refractivity contribution is 0.397. The lowest BCUT2D eigenvalue weighted by atomic mass is 9.95. The Morgan fingerprint density at radius 2 is 2.08 bits per heavy atom. The van der Waals surface area contributed by atoms with E-state index in [4.69, 9.17) is 4.42 Å². The summed E-state index contributed by atoms with van der Waals surface area (Å²) in [6, 6.07) is 4.01. The van der Waals surface area contributed by atoms with E-state index in [9.17, 15) is 0 Å². The van der Waals surface area contributed by atoms with E-state index in [-0.39, 0.29) is 0 Å². The third-order valence-electron chi connectivity index (χ3n) is 2.00. The minimum atomic E-state index is 0.733.